The van der Waals surface area contributed by atoms with E-state index in [1.807, 2.05) is 0 Å². The molecular formula is C17H17N3O4. The summed E-state index contributed by atoms with van der Waals surface area (Å²) in [6, 6.07) is 13.6. The Kier molecular flexibility index (Phi) is 5.64. The Balaban J connectivity index is 2.17. The number of carboxylic acid groups (broad SMARTS) is 1. The van der Waals surface area contributed by atoms with Gasteiger partial charge in [0, 0.05) is 11.3 Å². The number of carbonyl (C=O) groups is 3. The molecule has 0 saturated heterocycles. The molecule has 2 atom stereocenters. The molecule has 0 aliphatic carbocycles. The van der Waals surface area contributed by atoms with Gasteiger partial charge in [-0.1, -0.05) is 36.4 Å². The van der Waals surface area contributed by atoms with E-state index in [1.54, 1.807) is 60.7 Å². The Morgan fingerprint density at radius 2 is 1.46 bits per heavy atom. The number of anilines is 1. The lowest BCUT2D eigenvalue weighted by Gasteiger charge is -2.21. The maximum atomic E-state index is 12.4. The van der Waals surface area contributed by atoms with Crippen molar-refractivity contribution in [1.82, 2.24) is 5.32 Å². The number of para-hydroxylation sites is 1. The van der Waals surface area contributed by atoms with Gasteiger partial charge in [0.1, 0.15) is 12.1 Å². The zero-order chi connectivity index (χ0) is 17.5. The van der Waals surface area contributed by atoms with Gasteiger partial charge in [0.05, 0.1) is 0 Å². The van der Waals surface area contributed by atoms with Crippen LogP contribution in [0.3, 0.4) is 0 Å². The summed E-state index contributed by atoms with van der Waals surface area (Å²) in [4.78, 5) is 35.7. The first-order valence-electron chi connectivity index (χ1n) is 7.19. The van der Waals surface area contributed by atoms with Gasteiger partial charge >= 0.3 is 5.97 Å². The molecule has 124 valence electrons. The second kappa shape index (κ2) is 7.89. The second-order valence-electron chi connectivity index (χ2n) is 5.04. The lowest BCUT2D eigenvalue weighted by Crippen LogP contribution is -2.57. The molecule has 24 heavy (non-hydrogen) atoms. The van der Waals surface area contributed by atoms with Gasteiger partial charge in [-0.25, -0.2) is 0 Å². The second-order valence-corrected chi connectivity index (χ2v) is 5.04. The third-order valence-electron chi connectivity index (χ3n) is 3.29. The van der Waals surface area contributed by atoms with Crippen LogP contribution in [0.25, 0.3) is 0 Å². The summed E-state index contributed by atoms with van der Waals surface area (Å²) in [6.45, 7) is 0. The lowest BCUT2D eigenvalue weighted by molar-refractivity contribution is -0.140. The third-order valence-corrected chi connectivity index (χ3v) is 3.29. The third kappa shape index (κ3) is 4.40. The number of hydrogen-bond donors (Lipinski definition) is 4. The van der Waals surface area contributed by atoms with Gasteiger partial charge in [0.15, 0.2) is 0 Å². The molecule has 0 aliphatic rings. The summed E-state index contributed by atoms with van der Waals surface area (Å²) in [7, 11) is 0. The van der Waals surface area contributed by atoms with E-state index in [-0.39, 0.29) is 0 Å². The first-order chi connectivity index (χ1) is 11.5. The van der Waals surface area contributed by atoms with Crippen LogP contribution in [0.2, 0.25) is 0 Å². The highest BCUT2D eigenvalue weighted by Gasteiger charge is 2.32. The summed E-state index contributed by atoms with van der Waals surface area (Å²) in [5.41, 5.74) is 6.34. The van der Waals surface area contributed by atoms with Crippen molar-refractivity contribution >= 4 is 23.5 Å². The zero-order valence-corrected chi connectivity index (χ0v) is 12.7. The minimum atomic E-state index is -1.58. The highest BCUT2D eigenvalue weighted by Crippen LogP contribution is 2.07. The standard InChI is InChI=1S/C17H17N3O4/c18-13(17(23)24)14(16(22)19-12-9-5-2-6-10-12)20-15(21)11-7-3-1-4-8-11/h1-10,13-14H,18H2,(H,19,22)(H,20,21)(H,23,24)/t13?,14-/m0/s1. The normalized spacial score (nSPS) is 12.7. The monoisotopic (exact) mass is 327 g/mol. The molecule has 0 spiro atoms. The quantitative estimate of drug-likeness (QED) is 0.626. The molecule has 2 rings (SSSR count). The highest BCUT2D eigenvalue weighted by atomic mass is 16.4. The molecule has 1 unspecified atom stereocenters. The Bertz CT molecular complexity index is 719. The van der Waals surface area contributed by atoms with Crippen molar-refractivity contribution in [3.8, 4) is 0 Å². The summed E-state index contributed by atoms with van der Waals surface area (Å²) in [6.07, 6.45) is 0. The molecule has 7 nitrogen and oxygen atoms in total. The van der Waals surface area contributed by atoms with Crippen molar-refractivity contribution < 1.29 is 19.5 Å². The van der Waals surface area contributed by atoms with Crippen LogP contribution in [0.1, 0.15) is 10.4 Å². The largest absolute Gasteiger partial charge is 0.480 e. The molecule has 0 heterocycles. The van der Waals surface area contributed by atoms with Crippen LogP contribution in [-0.2, 0) is 9.59 Å². The summed E-state index contributed by atoms with van der Waals surface area (Å²) in [5.74, 6) is -2.68. The van der Waals surface area contributed by atoms with Crippen LogP contribution in [-0.4, -0.2) is 35.0 Å². The summed E-state index contributed by atoms with van der Waals surface area (Å²) < 4.78 is 0. The van der Waals surface area contributed by atoms with Crippen molar-refractivity contribution in [2.24, 2.45) is 5.73 Å². The van der Waals surface area contributed by atoms with Gasteiger partial charge in [-0.15, -0.1) is 0 Å². The molecule has 0 saturated carbocycles. The van der Waals surface area contributed by atoms with Crippen LogP contribution in [0.15, 0.2) is 60.7 Å². The van der Waals surface area contributed by atoms with Gasteiger partial charge in [-0.3, -0.25) is 14.4 Å². The molecule has 2 amide bonds. The lowest BCUT2D eigenvalue weighted by atomic mass is 10.1. The summed E-state index contributed by atoms with van der Waals surface area (Å²) in [5, 5.41) is 14.0. The van der Waals surface area contributed by atoms with E-state index in [0.717, 1.165) is 0 Å². The highest BCUT2D eigenvalue weighted by molar-refractivity contribution is 6.03. The molecule has 0 fully saturated rings. The number of carbonyl (C=O) groups excluding carboxylic acids is 2. The molecule has 0 aliphatic heterocycles. The fourth-order valence-electron chi connectivity index (χ4n) is 2.02. The van der Waals surface area contributed by atoms with Crippen molar-refractivity contribution in [3.05, 3.63) is 66.2 Å². The fraction of sp³-hybridized carbons (Fsp3) is 0.118. The van der Waals surface area contributed by atoms with Gasteiger partial charge in [-0.05, 0) is 24.3 Å². The van der Waals surface area contributed by atoms with Gasteiger partial charge < -0.3 is 21.5 Å². The first kappa shape index (κ1) is 17.2. The van der Waals surface area contributed by atoms with Gasteiger partial charge in [0.25, 0.3) is 5.91 Å². The van der Waals surface area contributed by atoms with E-state index in [1.165, 1.54) is 0 Å². The number of aliphatic carboxylic acids is 1. The fourth-order valence-corrected chi connectivity index (χ4v) is 2.02. The average Bonchev–Trinajstić information content (AvgIpc) is 2.60. The molecular weight excluding hydrogens is 310 g/mol. The predicted octanol–water partition coefficient (Wildman–Crippen LogP) is 0.836. The van der Waals surface area contributed by atoms with Crippen molar-refractivity contribution in [2.75, 3.05) is 5.32 Å². The summed E-state index contributed by atoms with van der Waals surface area (Å²) >= 11 is 0. The Morgan fingerprint density at radius 1 is 0.917 bits per heavy atom. The van der Waals surface area contributed by atoms with E-state index in [9.17, 15) is 14.4 Å². The Labute approximate surface area is 138 Å². The number of amides is 2. The average molecular weight is 327 g/mol. The predicted molar refractivity (Wildman–Crippen MR) is 88.4 cm³/mol. The van der Waals surface area contributed by atoms with E-state index in [4.69, 9.17) is 10.8 Å². The van der Waals surface area contributed by atoms with Crippen LogP contribution in [0, 0.1) is 0 Å². The molecule has 0 radical (unpaired) electrons. The van der Waals surface area contributed by atoms with Gasteiger partial charge in [0.2, 0.25) is 5.91 Å². The van der Waals surface area contributed by atoms with Crippen molar-refractivity contribution in [1.29, 1.82) is 0 Å². The minimum Gasteiger partial charge on any atom is -0.480 e. The molecule has 2 aromatic carbocycles. The number of nitrogens with one attached hydrogen (secondary N) is 2. The zero-order valence-electron chi connectivity index (χ0n) is 12.7. The number of nitrogens with two attached hydrogens (primary N) is 1. The SMILES string of the molecule is NC(C(=O)O)[C@H](NC(=O)c1ccccc1)C(=O)Nc1ccccc1. The smallest absolute Gasteiger partial charge is 0.323 e. The van der Waals surface area contributed by atoms with Crippen LogP contribution >= 0.6 is 0 Å². The first-order valence-corrected chi connectivity index (χ1v) is 7.19. The van der Waals surface area contributed by atoms with E-state index in [2.05, 4.69) is 10.6 Å². The molecule has 2 aromatic rings. The van der Waals surface area contributed by atoms with E-state index >= 15 is 0 Å². The maximum Gasteiger partial charge on any atom is 0.323 e. The van der Waals surface area contributed by atoms with E-state index < -0.39 is 29.9 Å². The van der Waals surface area contributed by atoms with Crippen molar-refractivity contribution in [2.45, 2.75) is 12.1 Å². The van der Waals surface area contributed by atoms with E-state index in [0.29, 0.717) is 11.3 Å². The Morgan fingerprint density at radius 3 is 2.00 bits per heavy atom. The minimum absolute atomic E-state index is 0.299. The van der Waals surface area contributed by atoms with Crippen LogP contribution in [0.4, 0.5) is 5.69 Å². The molecule has 5 N–H and O–H groups in total. The van der Waals surface area contributed by atoms with Crippen LogP contribution in [0.5, 0.6) is 0 Å². The topological polar surface area (TPSA) is 122 Å². The number of rotatable bonds is 6. The van der Waals surface area contributed by atoms with Crippen LogP contribution < -0.4 is 16.4 Å². The molecule has 0 bridgehead atoms. The van der Waals surface area contributed by atoms with Crippen molar-refractivity contribution in [3.63, 3.8) is 0 Å². The number of benzene rings is 2. The maximum absolute atomic E-state index is 12.4. The molecule has 0 aromatic heterocycles. The van der Waals surface area contributed by atoms with Gasteiger partial charge in [-0.2, -0.15) is 0 Å². The number of carboxylic acids is 1. The Hall–Kier alpha value is -3.19. The number of hydrogen-bond acceptors (Lipinski definition) is 4. The molecule has 7 heteroatoms.